The third-order valence-corrected chi connectivity index (χ3v) is 3.26. The molecule has 98 valence electrons. The molecule has 0 N–H and O–H groups in total. The van der Waals surface area contributed by atoms with Crippen molar-refractivity contribution in [3.05, 3.63) is 59.7 Å². The molecule has 0 aromatic heterocycles. The van der Waals surface area contributed by atoms with Crippen LogP contribution in [-0.4, -0.2) is 10.7 Å². The lowest BCUT2D eigenvalue weighted by atomic mass is 10.0. The van der Waals surface area contributed by atoms with Crippen LogP contribution in [0.2, 0.25) is 0 Å². The van der Waals surface area contributed by atoms with Crippen molar-refractivity contribution in [3.63, 3.8) is 0 Å². The molecule has 2 aromatic rings. The minimum atomic E-state index is 0.700. The molecule has 0 aliphatic carbocycles. The van der Waals surface area contributed by atoms with Crippen LogP contribution in [0.5, 0.6) is 0 Å². The van der Waals surface area contributed by atoms with Crippen molar-refractivity contribution in [2.24, 2.45) is 0 Å². The zero-order chi connectivity index (χ0) is 14.2. The highest BCUT2D eigenvalue weighted by molar-refractivity contribution is 9.09. The fourth-order valence-electron chi connectivity index (χ4n) is 1.76. The highest BCUT2D eigenvalue weighted by atomic mass is 79.9. The Kier molecular flexibility index (Phi) is 5.93. The summed E-state index contributed by atoms with van der Waals surface area (Å²) in [6, 6.07) is 16.6. The molecule has 0 atom stereocenters. The van der Waals surface area contributed by atoms with Crippen molar-refractivity contribution in [1.82, 2.24) is 0 Å². The van der Waals surface area contributed by atoms with Gasteiger partial charge in [0.15, 0.2) is 0 Å². The Hall–Kier alpha value is -1.48. The Balaban J connectivity index is 2.19. The predicted octanol–water partition coefficient (Wildman–Crippen LogP) is 4.85. The fourth-order valence-corrected chi connectivity index (χ4v) is 2.04. The molecule has 2 aromatic carbocycles. The number of hydrogen-bond donors (Lipinski definition) is 0. The molecule has 2 heteroatoms. The summed E-state index contributed by atoms with van der Waals surface area (Å²) in [4.78, 5) is 0. The van der Waals surface area contributed by atoms with Crippen LogP contribution >= 0.6 is 31.9 Å². The zero-order valence-corrected chi connectivity index (χ0v) is 14.0. The van der Waals surface area contributed by atoms with E-state index in [2.05, 4.69) is 79.8 Å². The Bertz CT molecular complexity index is 611. The van der Waals surface area contributed by atoms with E-state index >= 15 is 0 Å². The standard InChI is InChI=1S/C18H12Br2/c19-13-1-3-15-5-9-17(10-6-15)18-11-7-16(8-12-18)4-2-14-20/h5-12H,13-14H2. The van der Waals surface area contributed by atoms with Gasteiger partial charge in [-0.05, 0) is 35.4 Å². The molecule has 0 radical (unpaired) electrons. The summed E-state index contributed by atoms with van der Waals surface area (Å²) in [5.74, 6) is 12.2. The average Bonchev–Trinajstić information content (AvgIpc) is 2.52. The SMILES string of the molecule is BrCC#Cc1ccc(-c2ccc(C#CCBr)cc2)cc1. The molecule has 0 saturated heterocycles. The van der Waals surface area contributed by atoms with E-state index in [4.69, 9.17) is 0 Å². The monoisotopic (exact) mass is 386 g/mol. The van der Waals surface area contributed by atoms with E-state index in [-0.39, 0.29) is 0 Å². The topological polar surface area (TPSA) is 0 Å². The number of benzene rings is 2. The maximum absolute atomic E-state index is 3.30. The van der Waals surface area contributed by atoms with Crippen molar-refractivity contribution in [3.8, 4) is 34.8 Å². The summed E-state index contributed by atoms with van der Waals surface area (Å²) >= 11 is 6.59. The van der Waals surface area contributed by atoms with E-state index in [0.717, 1.165) is 11.1 Å². The van der Waals surface area contributed by atoms with Gasteiger partial charge in [-0.2, -0.15) is 0 Å². The van der Waals surface area contributed by atoms with Crippen LogP contribution in [0, 0.1) is 23.7 Å². The smallest absolute Gasteiger partial charge is 0.0649 e. The molecule has 0 heterocycles. The lowest BCUT2D eigenvalue weighted by Gasteiger charge is -2.02. The lowest BCUT2D eigenvalue weighted by Crippen LogP contribution is -1.81. The number of halogens is 2. The summed E-state index contributed by atoms with van der Waals surface area (Å²) in [5, 5.41) is 1.40. The summed E-state index contributed by atoms with van der Waals surface area (Å²) in [7, 11) is 0. The molecule has 0 spiro atoms. The second-order valence-electron chi connectivity index (χ2n) is 4.03. The molecule has 0 aliphatic heterocycles. The maximum atomic E-state index is 3.30. The first-order valence-electron chi connectivity index (χ1n) is 6.13. The average molecular weight is 388 g/mol. The Morgan fingerprint density at radius 2 is 0.950 bits per heavy atom. The van der Waals surface area contributed by atoms with Gasteiger partial charge in [0.1, 0.15) is 0 Å². The third kappa shape index (κ3) is 4.27. The molecule has 0 unspecified atom stereocenters. The highest BCUT2D eigenvalue weighted by Gasteiger charge is 1.97. The molecular formula is C18H12Br2. The minimum Gasteiger partial charge on any atom is -0.0863 e. The van der Waals surface area contributed by atoms with Crippen molar-refractivity contribution in [2.75, 3.05) is 10.7 Å². The number of rotatable bonds is 1. The van der Waals surface area contributed by atoms with Gasteiger partial charge in [0.2, 0.25) is 0 Å². The quantitative estimate of drug-likeness (QED) is 0.484. The summed E-state index contributed by atoms with van der Waals surface area (Å²) in [6.45, 7) is 0. The van der Waals surface area contributed by atoms with Gasteiger partial charge in [-0.1, -0.05) is 79.8 Å². The van der Waals surface area contributed by atoms with E-state index in [1.54, 1.807) is 0 Å². The van der Waals surface area contributed by atoms with Crippen LogP contribution in [-0.2, 0) is 0 Å². The summed E-state index contributed by atoms with van der Waals surface area (Å²) < 4.78 is 0. The largest absolute Gasteiger partial charge is 0.0863 e. The van der Waals surface area contributed by atoms with E-state index in [9.17, 15) is 0 Å². The Morgan fingerprint density at radius 1 is 0.600 bits per heavy atom. The van der Waals surface area contributed by atoms with Crippen LogP contribution < -0.4 is 0 Å². The zero-order valence-electron chi connectivity index (χ0n) is 10.8. The molecule has 0 aliphatic rings. The van der Waals surface area contributed by atoms with Gasteiger partial charge in [0.05, 0.1) is 10.7 Å². The molecule has 2 rings (SSSR count). The van der Waals surface area contributed by atoms with Gasteiger partial charge >= 0.3 is 0 Å². The predicted molar refractivity (Wildman–Crippen MR) is 93.2 cm³/mol. The lowest BCUT2D eigenvalue weighted by molar-refractivity contribution is 1.57. The van der Waals surface area contributed by atoms with Crippen molar-refractivity contribution >= 4 is 31.9 Å². The number of hydrogen-bond acceptors (Lipinski definition) is 0. The summed E-state index contributed by atoms with van der Waals surface area (Å²) in [5.41, 5.74) is 4.45. The Morgan fingerprint density at radius 3 is 1.25 bits per heavy atom. The van der Waals surface area contributed by atoms with Gasteiger partial charge in [-0.3, -0.25) is 0 Å². The molecule has 0 bridgehead atoms. The van der Waals surface area contributed by atoms with E-state index in [1.807, 2.05) is 24.3 Å². The Labute approximate surface area is 136 Å². The number of alkyl halides is 2. The molecule has 0 saturated carbocycles. The van der Waals surface area contributed by atoms with Gasteiger partial charge in [0, 0.05) is 11.1 Å². The van der Waals surface area contributed by atoms with Crippen molar-refractivity contribution in [2.45, 2.75) is 0 Å². The first-order chi connectivity index (χ1) is 9.83. The maximum Gasteiger partial charge on any atom is 0.0649 e. The van der Waals surface area contributed by atoms with Crippen molar-refractivity contribution < 1.29 is 0 Å². The van der Waals surface area contributed by atoms with Gasteiger partial charge in [-0.15, -0.1) is 0 Å². The van der Waals surface area contributed by atoms with Gasteiger partial charge in [-0.25, -0.2) is 0 Å². The van der Waals surface area contributed by atoms with Gasteiger partial charge in [0.25, 0.3) is 0 Å². The normalized spacial score (nSPS) is 9.10. The summed E-state index contributed by atoms with van der Waals surface area (Å²) in [6.07, 6.45) is 0. The van der Waals surface area contributed by atoms with Crippen LogP contribution in [0.25, 0.3) is 11.1 Å². The second kappa shape index (κ2) is 7.95. The first kappa shape index (κ1) is 14.9. The molecular weight excluding hydrogens is 376 g/mol. The van der Waals surface area contributed by atoms with Crippen LogP contribution in [0.4, 0.5) is 0 Å². The minimum absolute atomic E-state index is 0.700. The highest BCUT2D eigenvalue weighted by Crippen LogP contribution is 2.20. The van der Waals surface area contributed by atoms with Crippen molar-refractivity contribution in [1.29, 1.82) is 0 Å². The third-order valence-electron chi connectivity index (χ3n) is 2.70. The van der Waals surface area contributed by atoms with Crippen LogP contribution in [0.1, 0.15) is 11.1 Å². The van der Waals surface area contributed by atoms with Crippen LogP contribution in [0.3, 0.4) is 0 Å². The first-order valence-corrected chi connectivity index (χ1v) is 8.38. The van der Waals surface area contributed by atoms with Crippen LogP contribution in [0.15, 0.2) is 48.5 Å². The van der Waals surface area contributed by atoms with Gasteiger partial charge < -0.3 is 0 Å². The fraction of sp³-hybridized carbons (Fsp3) is 0.111. The molecule has 0 amide bonds. The van der Waals surface area contributed by atoms with E-state index in [0.29, 0.717) is 10.7 Å². The second-order valence-corrected chi connectivity index (χ2v) is 5.15. The van der Waals surface area contributed by atoms with E-state index in [1.165, 1.54) is 11.1 Å². The molecule has 20 heavy (non-hydrogen) atoms. The molecule has 0 nitrogen and oxygen atoms in total. The van der Waals surface area contributed by atoms with E-state index < -0.39 is 0 Å². The molecule has 0 fully saturated rings.